The van der Waals surface area contributed by atoms with Crippen molar-refractivity contribution in [1.29, 1.82) is 0 Å². The standard InChI is InChI=1S/C15H16Br2FNS/c1-3-6-19-14(15-13(17)7-9(2)20-15)11-8-10(18)4-5-12(11)16/h4-5,7-8,14,19H,3,6H2,1-2H3. The molecule has 1 atom stereocenters. The predicted octanol–water partition coefficient (Wildman–Crippen LogP) is 5.81. The zero-order valence-electron chi connectivity index (χ0n) is 11.3. The molecule has 0 amide bonds. The maximum atomic E-state index is 13.6. The van der Waals surface area contributed by atoms with Crippen molar-refractivity contribution in [3.63, 3.8) is 0 Å². The molecule has 0 aliphatic rings. The van der Waals surface area contributed by atoms with Crippen molar-refractivity contribution in [3.8, 4) is 0 Å². The second kappa shape index (κ2) is 7.16. The Bertz CT molecular complexity index is 598. The molecule has 0 aliphatic heterocycles. The highest BCUT2D eigenvalue weighted by molar-refractivity contribution is 9.10. The van der Waals surface area contributed by atoms with E-state index in [0.29, 0.717) is 0 Å². The molecule has 2 rings (SSSR count). The Hall–Kier alpha value is -0.230. The van der Waals surface area contributed by atoms with Gasteiger partial charge in [-0.1, -0.05) is 22.9 Å². The summed E-state index contributed by atoms with van der Waals surface area (Å²) in [6.07, 6.45) is 1.03. The monoisotopic (exact) mass is 419 g/mol. The van der Waals surface area contributed by atoms with Crippen LogP contribution in [0.2, 0.25) is 0 Å². The first kappa shape index (κ1) is 16.1. The van der Waals surface area contributed by atoms with E-state index >= 15 is 0 Å². The van der Waals surface area contributed by atoms with Crippen molar-refractivity contribution >= 4 is 43.2 Å². The van der Waals surface area contributed by atoms with Gasteiger partial charge in [0.2, 0.25) is 0 Å². The summed E-state index contributed by atoms with van der Waals surface area (Å²) in [5.74, 6) is -0.212. The summed E-state index contributed by atoms with van der Waals surface area (Å²) < 4.78 is 15.6. The molecular formula is C15H16Br2FNS. The second-order valence-electron chi connectivity index (χ2n) is 4.62. The third-order valence-corrected chi connectivity index (χ3v) is 5.72. The van der Waals surface area contributed by atoms with Gasteiger partial charge in [0, 0.05) is 18.7 Å². The molecule has 1 N–H and O–H groups in total. The molecule has 2 aromatic rings. The van der Waals surface area contributed by atoms with Crippen LogP contribution >= 0.6 is 43.2 Å². The molecule has 108 valence electrons. The van der Waals surface area contributed by atoms with Crippen LogP contribution < -0.4 is 5.32 Å². The minimum atomic E-state index is -0.212. The fraction of sp³-hybridized carbons (Fsp3) is 0.333. The molecule has 5 heteroatoms. The second-order valence-corrected chi connectivity index (χ2v) is 7.62. The Kier molecular flexibility index (Phi) is 5.78. The molecule has 1 nitrogen and oxygen atoms in total. The number of hydrogen-bond donors (Lipinski definition) is 1. The van der Waals surface area contributed by atoms with Gasteiger partial charge in [0.1, 0.15) is 5.82 Å². The van der Waals surface area contributed by atoms with Crippen molar-refractivity contribution < 1.29 is 4.39 Å². The highest BCUT2D eigenvalue weighted by atomic mass is 79.9. The number of aryl methyl sites for hydroxylation is 1. The van der Waals surface area contributed by atoms with Crippen molar-refractivity contribution in [3.05, 3.63) is 54.3 Å². The van der Waals surface area contributed by atoms with Crippen LogP contribution in [0.15, 0.2) is 33.2 Å². The number of rotatable bonds is 5. The van der Waals surface area contributed by atoms with E-state index in [0.717, 1.165) is 27.5 Å². The lowest BCUT2D eigenvalue weighted by Crippen LogP contribution is -2.23. The first-order chi connectivity index (χ1) is 9.52. The number of halogens is 3. The Morgan fingerprint density at radius 3 is 2.60 bits per heavy atom. The number of nitrogens with one attached hydrogen (secondary N) is 1. The molecule has 1 aromatic carbocycles. The maximum Gasteiger partial charge on any atom is 0.123 e. The van der Waals surface area contributed by atoms with E-state index in [4.69, 9.17) is 0 Å². The summed E-state index contributed by atoms with van der Waals surface area (Å²) >= 11 is 8.88. The summed E-state index contributed by atoms with van der Waals surface area (Å²) in [5.41, 5.74) is 0.931. The van der Waals surface area contributed by atoms with Gasteiger partial charge in [-0.25, -0.2) is 4.39 Å². The Morgan fingerprint density at radius 1 is 1.25 bits per heavy atom. The molecule has 1 heterocycles. The van der Waals surface area contributed by atoms with Crippen LogP contribution in [0.5, 0.6) is 0 Å². The quantitative estimate of drug-likeness (QED) is 0.643. The molecular weight excluding hydrogens is 405 g/mol. The number of benzene rings is 1. The zero-order chi connectivity index (χ0) is 14.7. The highest BCUT2D eigenvalue weighted by Crippen LogP contribution is 2.38. The van der Waals surface area contributed by atoms with Gasteiger partial charge in [0.25, 0.3) is 0 Å². The van der Waals surface area contributed by atoms with Crippen LogP contribution in [0, 0.1) is 12.7 Å². The Balaban J connectivity index is 2.46. The molecule has 0 saturated heterocycles. The molecule has 0 spiro atoms. The van der Waals surface area contributed by atoms with Crippen molar-refractivity contribution in [2.45, 2.75) is 26.3 Å². The van der Waals surface area contributed by atoms with E-state index < -0.39 is 0 Å². The molecule has 0 aliphatic carbocycles. The predicted molar refractivity (Wildman–Crippen MR) is 91.0 cm³/mol. The van der Waals surface area contributed by atoms with E-state index in [2.05, 4.69) is 57.1 Å². The summed E-state index contributed by atoms with van der Waals surface area (Å²) in [6, 6.07) is 6.93. The molecule has 1 unspecified atom stereocenters. The van der Waals surface area contributed by atoms with Gasteiger partial charge in [0.15, 0.2) is 0 Å². The summed E-state index contributed by atoms with van der Waals surface area (Å²) in [6.45, 7) is 5.09. The van der Waals surface area contributed by atoms with Gasteiger partial charge in [-0.3, -0.25) is 0 Å². The topological polar surface area (TPSA) is 12.0 Å². The molecule has 0 radical (unpaired) electrons. The van der Waals surface area contributed by atoms with Gasteiger partial charge < -0.3 is 5.32 Å². The van der Waals surface area contributed by atoms with Gasteiger partial charge in [-0.15, -0.1) is 11.3 Å². The summed E-state index contributed by atoms with van der Waals surface area (Å²) in [5, 5.41) is 3.51. The normalized spacial score (nSPS) is 12.7. The van der Waals surface area contributed by atoms with Gasteiger partial charge in [-0.05, 0) is 65.6 Å². The zero-order valence-corrected chi connectivity index (χ0v) is 15.3. The Labute approximate surface area is 139 Å². The third kappa shape index (κ3) is 3.70. The van der Waals surface area contributed by atoms with Crippen LogP contribution in [-0.2, 0) is 0 Å². The molecule has 0 fully saturated rings. The van der Waals surface area contributed by atoms with Crippen molar-refractivity contribution in [2.24, 2.45) is 0 Å². The first-order valence-corrected chi connectivity index (χ1v) is 8.87. The van der Waals surface area contributed by atoms with E-state index in [1.165, 1.54) is 15.8 Å². The van der Waals surface area contributed by atoms with Crippen LogP contribution in [0.3, 0.4) is 0 Å². The fourth-order valence-corrected chi connectivity index (χ4v) is 4.52. The average Bonchev–Trinajstić information content (AvgIpc) is 2.73. The van der Waals surface area contributed by atoms with Crippen molar-refractivity contribution in [1.82, 2.24) is 5.32 Å². The number of hydrogen-bond acceptors (Lipinski definition) is 2. The van der Waals surface area contributed by atoms with Crippen LogP contribution in [0.1, 0.15) is 34.7 Å². The molecule has 0 bridgehead atoms. The van der Waals surface area contributed by atoms with Crippen LogP contribution in [0.25, 0.3) is 0 Å². The minimum absolute atomic E-state index is 0.00639. The highest BCUT2D eigenvalue weighted by Gasteiger charge is 2.21. The lowest BCUT2D eigenvalue weighted by Gasteiger charge is -2.20. The van der Waals surface area contributed by atoms with Gasteiger partial charge in [-0.2, -0.15) is 0 Å². The first-order valence-electron chi connectivity index (χ1n) is 6.47. The van der Waals surface area contributed by atoms with E-state index in [1.807, 2.05) is 0 Å². The maximum absolute atomic E-state index is 13.6. The molecule has 20 heavy (non-hydrogen) atoms. The van der Waals surface area contributed by atoms with Crippen LogP contribution in [-0.4, -0.2) is 6.54 Å². The average molecular weight is 421 g/mol. The van der Waals surface area contributed by atoms with E-state index in [1.54, 1.807) is 23.5 Å². The van der Waals surface area contributed by atoms with E-state index in [-0.39, 0.29) is 11.9 Å². The lowest BCUT2D eigenvalue weighted by molar-refractivity contribution is 0.588. The smallest absolute Gasteiger partial charge is 0.123 e. The largest absolute Gasteiger partial charge is 0.306 e. The van der Waals surface area contributed by atoms with Gasteiger partial charge in [0.05, 0.1) is 6.04 Å². The van der Waals surface area contributed by atoms with Crippen LogP contribution in [0.4, 0.5) is 4.39 Å². The van der Waals surface area contributed by atoms with Crippen molar-refractivity contribution in [2.75, 3.05) is 6.54 Å². The minimum Gasteiger partial charge on any atom is -0.306 e. The molecule has 0 saturated carbocycles. The molecule has 1 aromatic heterocycles. The SMILES string of the molecule is CCCNC(c1cc(F)ccc1Br)c1sc(C)cc1Br. The fourth-order valence-electron chi connectivity index (χ4n) is 2.07. The summed E-state index contributed by atoms with van der Waals surface area (Å²) in [7, 11) is 0. The summed E-state index contributed by atoms with van der Waals surface area (Å²) in [4.78, 5) is 2.42. The third-order valence-electron chi connectivity index (χ3n) is 2.97. The lowest BCUT2D eigenvalue weighted by atomic mass is 10.0. The van der Waals surface area contributed by atoms with Gasteiger partial charge >= 0.3 is 0 Å². The Morgan fingerprint density at radius 2 is 2.00 bits per heavy atom. The number of thiophene rings is 1. The van der Waals surface area contributed by atoms with E-state index in [9.17, 15) is 4.39 Å².